The molecule has 2 aromatic rings. The summed E-state index contributed by atoms with van der Waals surface area (Å²) in [5, 5.41) is 19.8. The fourth-order valence-electron chi connectivity index (χ4n) is 4.66. The van der Waals surface area contributed by atoms with Gasteiger partial charge in [0.15, 0.2) is 0 Å². The second-order valence-electron chi connectivity index (χ2n) is 8.36. The van der Waals surface area contributed by atoms with Crippen LogP contribution in [0.1, 0.15) is 97.9 Å². The molecule has 0 aliphatic heterocycles. The summed E-state index contributed by atoms with van der Waals surface area (Å²) in [6.45, 7) is 2.23. The highest BCUT2D eigenvalue weighted by Gasteiger charge is 2.39. The van der Waals surface area contributed by atoms with Crippen LogP contribution in [0.3, 0.4) is 0 Å². The third-order valence-electron chi connectivity index (χ3n) is 6.20. The second-order valence-corrected chi connectivity index (χ2v) is 8.36. The van der Waals surface area contributed by atoms with Crippen molar-refractivity contribution in [1.82, 2.24) is 0 Å². The summed E-state index contributed by atoms with van der Waals surface area (Å²) in [5.41, 5.74) is 3.50. The van der Waals surface area contributed by atoms with Gasteiger partial charge in [-0.15, -0.1) is 0 Å². The Morgan fingerprint density at radius 2 is 1.20 bits per heavy atom. The predicted octanol–water partition coefficient (Wildman–Crippen LogP) is 6.12. The van der Waals surface area contributed by atoms with Crippen LogP contribution in [0.5, 0.6) is 0 Å². The number of carboxylic acid groups (broad SMARTS) is 2. The first-order chi connectivity index (χ1) is 14.5. The van der Waals surface area contributed by atoms with E-state index in [0.717, 1.165) is 18.4 Å². The van der Waals surface area contributed by atoms with Crippen molar-refractivity contribution in [3.63, 3.8) is 0 Å². The van der Waals surface area contributed by atoms with Crippen LogP contribution in [0.4, 0.5) is 0 Å². The summed E-state index contributed by atoms with van der Waals surface area (Å²) in [7, 11) is 0. The van der Waals surface area contributed by atoms with Gasteiger partial charge in [0.25, 0.3) is 0 Å². The van der Waals surface area contributed by atoms with Crippen LogP contribution in [0.15, 0.2) is 42.5 Å². The van der Waals surface area contributed by atoms with Gasteiger partial charge in [-0.3, -0.25) is 9.59 Å². The van der Waals surface area contributed by atoms with Crippen molar-refractivity contribution in [2.45, 2.75) is 76.5 Å². The molecule has 0 saturated heterocycles. The van der Waals surface area contributed by atoms with Gasteiger partial charge in [-0.2, -0.15) is 0 Å². The molecule has 2 unspecified atom stereocenters. The lowest BCUT2D eigenvalue weighted by atomic mass is 9.72. The Bertz CT molecular complexity index is 886. The number of hydrogen-bond donors (Lipinski definition) is 2. The molecule has 0 saturated carbocycles. The highest BCUT2D eigenvalue weighted by molar-refractivity contribution is 5.89. The second kappa shape index (κ2) is 10.4. The van der Waals surface area contributed by atoms with Gasteiger partial charge in [-0.1, -0.05) is 94.3 Å². The van der Waals surface area contributed by atoms with Crippen molar-refractivity contribution in [1.29, 1.82) is 0 Å². The zero-order chi connectivity index (χ0) is 21.5. The highest BCUT2D eigenvalue weighted by Crippen LogP contribution is 2.44. The van der Waals surface area contributed by atoms with Gasteiger partial charge >= 0.3 is 11.9 Å². The first-order valence-electron chi connectivity index (χ1n) is 11.2. The zero-order valence-electron chi connectivity index (χ0n) is 17.8. The van der Waals surface area contributed by atoms with Crippen molar-refractivity contribution in [2.24, 2.45) is 0 Å². The average Bonchev–Trinajstić information content (AvgIpc) is 2.73. The molecule has 0 spiro atoms. The topological polar surface area (TPSA) is 74.6 Å². The minimum atomic E-state index is -0.941. The van der Waals surface area contributed by atoms with E-state index in [1.165, 1.54) is 44.9 Å². The summed E-state index contributed by atoms with van der Waals surface area (Å²) in [4.78, 5) is 24.2. The monoisotopic (exact) mass is 408 g/mol. The molecule has 0 fully saturated rings. The van der Waals surface area contributed by atoms with Crippen LogP contribution in [0.2, 0.25) is 0 Å². The Balaban J connectivity index is 1.74. The van der Waals surface area contributed by atoms with Crippen molar-refractivity contribution in [3.8, 4) is 0 Å². The fraction of sp³-hybridized carbons (Fsp3) is 0.462. The third-order valence-corrected chi connectivity index (χ3v) is 6.20. The number of fused-ring (bicyclic) bond motifs is 2. The van der Waals surface area contributed by atoms with Gasteiger partial charge in [0.1, 0.15) is 11.8 Å². The molecule has 2 aromatic carbocycles. The molecule has 0 bridgehead atoms. The molecule has 2 atom stereocenters. The molecule has 4 heteroatoms. The van der Waals surface area contributed by atoms with Crippen LogP contribution >= 0.6 is 0 Å². The van der Waals surface area contributed by atoms with Crippen LogP contribution in [0, 0.1) is 0 Å². The maximum Gasteiger partial charge on any atom is 0.315 e. The number of carbonyl (C=O) groups is 2. The molecular weight excluding hydrogens is 376 g/mol. The minimum absolute atomic E-state index is 0.584. The van der Waals surface area contributed by atoms with E-state index in [0.29, 0.717) is 22.3 Å². The number of aliphatic carboxylic acids is 2. The van der Waals surface area contributed by atoms with Crippen molar-refractivity contribution in [3.05, 3.63) is 70.3 Å². The van der Waals surface area contributed by atoms with Gasteiger partial charge in [-0.25, -0.2) is 0 Å². The van der Waals surface area contributed by atoms with Crippen molar-refractivity contribution < 1.29 is 19.8 Å². The van der Waals surface area contributed by atoms with E-state index in [2.05, 4.69) is 6.92 Å². The lowest BCUT2D eigenvalue weighted by Gasteiger charge is -2.30. The zero-order valence-corrected chi connectivity index (χ0v) is 17.8. The number of rotatable bonds is 11. The van der Waals surface area contributed by atoms with Gasteiger partial charge in [0.05, 0.1) is 0 Å². The molecule has 160 valence electrons. The van der Waals surface area contributed by atoms with Crippen LogP contribution in [-0.4, -0.2) is 22.2 Å². The molecule has 0 heterocycles. The summed E-state index contributed by atoms with van der Waals surface area (Å²) >= 11 is 0. The Kier molecular flexibility index (Phi) is 7.67. The highest BCUT2D eigenvalue weighted by atomic mass is 16.4. The van der Waals surface area contributed by atoms with Gasteiger partial charge < -0.3 is 10.2 Å². The summed E-state index contributed by atoms with van der Waals surface area (Å²) in [5.74, 6) is -3.51. The predicted molar refractivity (Wildman–Crippen MR) is 118 cm³/mol. The van der Waals surface area contributed by atoms with Crippen molar-refractivity contribution in [2.75, 3.05) is 0 Å². The average molecular weight is 409 g/mol. The Labute approximate surface area is 179 Å². The van der Waals surface area contributed by atoms with E-state index in [1.807, 2.05) is 18.2 Å². The molecule has 2 N–H and O–H groups in total. The molecule has 30 heavy (non-hydrogen) atoms. The molecular formula is C26H32O4. The molecule has 1 aliphatic rings. The van der Waals surface area contributed by atoms with E-state index in [9.17, 15) is 19.8 Å². The summed E-state index contributed by atoms with van der Waals surface area (Å²) < 4.78 is 0. The van der Waals surface area contributed by atoms with Gasteiger partial charge in [-0.05, 0) is 40.7 Å². The molecule has 1 aliphatic carbocycles. The first kappa shape index (κ1) is 22.1. The number of unbranched alkanes of at least 4 members (excludes halogenated alkanes) is 7. The van der Waals surface area contributed by atoms with E-state index < -0.39 is 23.8 Å². The maximum atomic E-state index is 12.1. The SMILES string of the molecule is CCCCCCCCCCc1ccc2c(c1)C(C(=O)O)c1ccccc1C2C(=O)O. The van der Waals surface area contributed by atoms with Crippen LogP contribution in [-0.2, 0) is 16.0 Å². The smallest absolute Gasteiger partial charge is 0.315 e. The molecule has 0 amide bonds. The quantitative estimate of drug-likeness (QED) is 0.440. The molecule has 3 rings (SSSR count). The molecule has 4 nitrogen and oxygen atoms in total. The minimum Gasteiger partial charge on any atom is -0.481 e. The van der Waals surface area contributed by atoms with Gasteiger partial charge in [0.2, 0.25) is 0 Å². The maximum absolute atomic E-state index is 12.1. The summed E-state index contributed by atoms with van der Waals surface area (Å²) in [6.07, 6.45) is 10.9. The van der Waals surface area contributed by atoms with Gasteiger partial charge in [0, 0.05) is 0 Å². The normalized spacial score (nSPS) is 17.2. The largest absolute Gasteiger partial charge is 0.481 e. The van der Waals surface area contributed by atoms with Crippen LogP contribution in [0.25, 0.3) is 0 Å². The molecule has 0 aromatic heterocycles. The summed E-state index contributed by atoms with van der Waals surface area (Å²) in [6, 6.07) is 12.8. The number of aryl methyl sites for hydroxylation is 1. The lowest BCUT2D eigenvalue weighted by Crippen LogP contribution is -2.27. The number of carboxylic acids is 2. The number of hydrogen-bond acceptors (Lipinski definition) is 2. The first-order valence-corrected chi connectivity index (χ1v) is 11.2. The van der Waals surface area contributed by atoms with E-state index in [1.54, 1.807) is 24.3 Å². The third kappa shape index (κ3) is 4.92. The lowest BCUT2D eigenvalue weighted by molar-refractivity contribution is -0.140. The van der Waals surface area contributed by atoms with Crippen LogP contribution < -0.4 is 0 Å². The standard InChI is InChI=1S/C26H32O4/c1-2-3-4-5-6-7-8-9-12-18-15-16-21-22(17-18)24(26(29)30)20-14-11-10-13-19(20)23(21)25(27)28/h10-11,13-17,23-24H,2-9,12H2,1H3,(H,27,28)(H,29,30). The molecule has 0 radical (unpaired) electrons. The fourth-order valence-corrected chi connectivity index (χ4v) is 4.66. The Morgan fingerprint density at radius 3 is 1.77 bits per heavy atom. The Morgan fingerprint density at radius 1 is 0.700 bits per heavy atom. The number of benzene rings is 2. The Hall–Kier alpha value is -2.62. The van der Waals surface area contributed by atoms with E-state index in [-0.39, 0.29) is 0 Å². The van der Waals surface area contributed by atoms with Crippen molar-refractivity contribution >= 4 is 11.9 Å². The van der Waals surface area contributed by atoms with E-state index in [4.69, 9.17) is 0 Å². The van der Waals surface area contributed by atoms with E-state index >= 15 is 0 Å².